The van der Waals surface area contributed by atoms with Crippen LogP contribution < -0.4 is 46.6 Å². The van der Waals surface area contributed by atoms with E-state index in [1.807, 2.05) is 75.4 Å². The number of hydrogen-bond donors (Lipinski definition) is 6. The third-order valence-corrected chi connectivity index (χ3v) is 11.8. The van der Waals surface area contributed by atoms with Gasteiger partial charge in [0.05, 0.1) is 5.41 Å². The second kappa shape index (κ2) is 24.5. The maximum absolute atomic E-state index is 13.4. The predicted octanol–water partition coefficient (Wildman–Crippen LogP) is 12.1. The van der Waals surface area contributed by atoms with Crippen molar-refractivity contribution < 1.29 is 43.0 Å². The van der Waals surface area contributed by atoms with Crippen molar-refractivity contribution in [1.29, 1.82) is 0 Å². The molecule has 0 spiro atoms. The highest BCUT2D eigenvalue weighted by molar-refractivity contribution is 6.04. The second-order valence-corrected chi connectivity index (χ2v) is 17.0. The number of para-hydroxylation sites is 3. The lowest BCUT2D eigenvalue weighted by molar-refractivity contribution is -0.0104. The van der Waals surface area contributed by atoms with Crippen molar-refractivity contribution in [2.75, 3.05) is 87.6 Å². The van der Waals surface area contributed by atoms with Crippen molar-refractivity contribution in [3.8, 4) is 0 Å². The average Bonchev–Trinajstić information content (AvgIpc) is 3.39. The van der Waals surface area contributed by atoms with E-state index in [9.17, 15) is 28.8 Å². The molecule has 0 aliphatic carbocycles. The fourth-order valence-electron chi connectivity index (χ4n) is 6.96. The third kappa shape index (κ3) is 14.5. The Balaban J connectivity index is 1.13. The Bertz CT molecular complexity index is 2560. The fraction of sp³-hybridized carbons (Fsp3) is 0.222. The van der Waals surface area contributed by atoms with Gasteiger partial charge in [-0.15, -0.1) is 0 Å². The van der Waals surface area contributed by atoms with Crippen LogP contribution in [0.1, 0.15) is 30.0 Å². The van der Waals surface area contributed by atoms with Crippen LogP contribution in [0.4, 0.5) is 80.0 Å². The Morgan fingerprint density at radius 2 is 0.667 bits per heavy atom. The van der Waals surface area contributed by atoms with E-state index in [1.54, 1.807) is 119 Å². The zero-order chi connectivity index (χ0) is 51.8. The van der Waals surface area contributed by atoms with E-state index in [0.717, 1.165) is 16.7 Å². The molecule has 0 heterocycles. The summed E-state index contributed by atoms with van der Waals surface area (Å²) < 4.78 is 17.2. The Kier molecular flexibility index (Phi) is 17.8. The molecule has 6 aromatic rings. The van der Waals surface area contributed by atoms with E-state index >= 15 is 0 Å². The van der Waals surface area contributed by atoms with E-state index in [2.05, 4.69) is 31.9 Å². The number of nitrogens with zero attached hydrogens (tertiary/aromatic N) is 3. The molecule has 0 bridgehead atoms. The zero-order valence-corrected chi connectivity index (χ0v) is 41.2. The minimum absolute atomic E-state index is 0.196. The van der Waals surface area contributed by atoms with Crippen molar-refractivity contribution in [3.05, 3.63) is 162 Å². The van der Waals surface area contributed by atoms with Gasteiger partial charge in [-0.1, -0.05) is 79.7 Å². The number of carbonyl (C=O) groups is 6. The Labute approximate surface area is 418 Å². The SMILES string of the molecule is CCC(COC(=O)Nc1ccc(C)c(NC(=O)N(C)c2ccccc2)c1)(COC(=O)Nc1ccc(C)c(NC(=O)N(C)c2ccccc2)c1)COC(=O)Nc1ccc(C)c(NC(=O)N(C)c2ccccc2)c1. The van der Waals surface area contributed by atoms with Gasteiger partial charge in [-0.05, 0) is 117 Å². The summed E-state index contributed by atoms with van der Waals surface area (Å²) in [6, 6.07) is 41.0. The highest BCUT2D eigenvalue weighted by Gasteiger charge is 2.35. The molecule has 6 N–H and O–H groups in total. The Morgan fingerprint density at radius 1 is 0.403 bits per heavy atom. The van der Waals surface area contributed by atoms with Crippen LogP contribution in [0.2, 0.25) is 0 Å². The van der Waals surface area contributed by atoms with E-state index in [4.69, 9.17) is 14.2 Å². The van der Waals surface area contributed by atoms with Crippen molar-refractivity contribution in [2.45, 2.75) is 34.1 Å². The van der Waals surface area contributed by atoms with Crippen LogP contribution in [-0.2, 0) is 14.2 Å². The molecular weight excluding hydrogens is 919 g/mol. The molecule has 0 radical (unpaired) electrons. The van der Waals surface area contributed by atoms with Gasteiger partial charge in [0.2, 0.25) is 0 Å². The van der Waals surface area contributed by atoms with Gasteiger partial charge < -0.3 is 30.2 Å². The monoisotopic (exact) mass is 977 g/mol. The summed E-state index contributed by atoms with van der Waals surface area (Å²) in [6.45, 7) is 6.06. The van der Waals surface area contributed by atoms with Crippen LogP contribution in [-0.4, -0.2) is 77.3 Å². The summed E-state index contributed by atoms with van der Waals surface area (Å²) in [5.74, 6) is 0. The molecule has 0 fully saturated rings. The number of hydrogen-bond acceptors (Lipinski definition) is 9. The summed E-state index contributed by atoms with van der Waals surface area (Å²) in [6.07, 6.45) is -2.42. The molecule has 0 aromatic heterocycles. The second-order valence-electron chi connectivity index (χ2n) is 17.0. The number of amides is 9. The molecule has 18 heteroatoms. The number of aryl methyl sites for hydroxylation is 3. The highest BCUT2D eigenvalue weighted by Crippen LogP contribution is 2.29. The molecule has 6 rings (SSSR count). The van der Waals surface area contributed by atoms with Crippen LogP contribution in [0.5, 0.6) is 0 Å². The molecule has 0 aliphatic rings. The van der Waals surface area contributed by atoms with E-state index in [-0.39, 0.29) is 26.2 Å². The van der Waals surface area contributed by atoms with E-state index < -0.39 is 41.8 Å². The van der Waals surface area contributed by atoms with Gasteiger partial charge in [0.15, 0.2) is 0 Å². The first-order valence-corrected chi connectivity index (χ1v) is 23.0. The maximum Gasteiger partial charge on any atom is 0.411 e. The summed E-state index contributed by atoms with van der Waals surface area (Å²) in [5, 5.41) is 16.7. The van der Waals surface area contributed by atoms with Crippen LogP contribution in [0.25, 0.3) is 0 Å². The van der Waals surface area contributed by atoms with Crippen molar-refractivity contribution in [2.24, 2.45) is 5.41 Å². The number of carbonyl (C=O) groups excluding carboxylic acids is 6. The first-order valence-electron chi connectivity index (χ1n) is 23.0. The standard InChI is InChI=1S/C54H59N9O9/c1-8-54(33-70-51(67)55-39-27-24-36(2)45(30-39)58-48(64)61(5)42-18-12-9-13-19-42,34-71-52(68)56-40-28-25-37(3)46(31-40)59-49(65)62(6)43-20-14-10-15-21-43)35-72-53(69)57-41-29-26-38(4)47(32-41)60-50(66)63(7)44-22-16-11-17-23-44/h9-32H,8,33-35H2,1-7H3,(H,55,67)(H,56,68)(H,57,69)(H,58,64)(H,59,65)(H,60,66). The molecule has 72 heavy (non-hydrogen) atoms. The predicted molar refractivity (Wildman–Crippen MR) is 283 cm³/mol. The Morgan fingerprint density at radius 3 is 0.917 bits per heavy atom. The van der Waals surface area contributed by atoms with Crippen LogP contribution in [0.3, 0.4) is 0 Å². The molecule has 0 saturated heterocycles. The van der Waals surface area contributed by atoms with Gasteiger partial charge in [0.1, 0.15) is 19.8 Å². The zero-order valence-electron chi connectivity index (χ0n) is 41.2. The van der Waals surface area contributed by atoms with Gasteiger partial charge in [-0.25, -0.2) is 28.8 Å². The molecule has 0 unspecified atom stereocenters. The molecule has 6 aromatic carbocycles. The lowest BCUT2D eigenvalue weighted by atomic mass is 9.88. The molecule has 0 atom stereocenters. The van der Waals surface area contributed by atoms with Crippen LogP contribution in [0, 0.1) is 26.2 Å². The van der Waals surface area contributed by atoms with Crippen molar-refractivity contribution >= 4 is 87.6 Å². The van der Waals surface area contributed by atoms with Gasteiger partial charge in [0.25, 0.3) is 0 Å². The number of ether oxygens (including phenoxy) is 3. The number of benzene rings is 6. The van der Waals surface area contributed by atoms with Crippen LogP contribution >= 0.6 is 0 Å². The number of anilines is 9. The van der Waals surface area contributed by atoms with E-state index in [1.165, 1.54) is 14.7 Å². The first kappa shape index (κ1) is 52.3. The largest absolute Gasteiger partial charge is 0.448 e. The number of nitrogens with one attached hydrogen (secondary N) is 6. The van der Waals surface area contributed by atoms with Crippen molar-refractivity contribution in [3.63, 3.8) is 0 Å². The normalized spacial score (nSPS) is 10.7. The number of rotatable bonds is 16. The quantitative estimate of drug-likeness (QED) is 0.0509. The lowest BCUT2D eigenvalue weighted by Crippen LogP contribution is -2.40. The molecule has 374 valence electrons. The molecule has 0 saturated carbocycles. The Hall–Kier alpha value is -9.06. The molecular formula is C54H59N9O9. The number of urea groups is 3. The minimum Gasteiger partial charge on any atom is -0.448 e. The smallest absolute Gasteiger partial charge is 0.411 e. The maximum atomic E-state index is 13.4. The third-order valence-electron chi connectivity index (χ3n) is 11.8. The summed E-state index contributed by atoms with van der Waals surface area (Å²) >= 11 is 0. The minimum atomic E-state index is -1.27. The molecule has 18 nitrogen and oxygen atoms in total. The first-order chi connectivity index (χ1) is 34.5. The summed E-state index contributed by atoms with van der Waals surface area (Å²) in [4.78, 5) is 84.0. The average molecular weight is 978 g/mol. The van der Waals surface area contributed by atoms with Crippen molar-refractivity contribution in [1.82, 2.24) is 0 Å². The summed E-state index contributed by atoms with van der Waals surface area (Å²) in [5.41, 5.74) is 5.30. The van der Waals surface area contributed by atoms with Gasteiger partial charge in [-0.2, -0.15) is 0 Å². The lowest BCUT2D eigenvalue weighted by Gasteiger charge is -2.31. The topological polar surface area (TPSA) is 212 Å². The fourth-order valence-corrected chi connectivity index (χ4v) is 6.96. The summed E-state index contributed by atoms with van der Waals surface area (Å²) in [7, 11) is 4.92. The van der Waals surface area contributed by atoms with E-state index in [0.29, 0.717) is 51.2 Å². The molecule has 9 amide bonds. The van der Waals surface area contributed by atoms with Gasteiger partial charge in [-0.3, -0.25) is 30.7 Å². The molecule has 0 aliphatic heterocycles. The van der Waals surface area contributed by atoms with Crippen LogP contribution in [0.15, 0.2) is 146 Å². The van der Waals surface area contributed by atoms with Gasteiger partial charge >= 0.3 is 36.4 Å². The highest BCUT2D eigenvalue weighted by atomic mass is 16.6. The van der Waals surface area contributed by atoms with Gasteiger partial charge in [0, 0.05) is 72.3 Å².